The van der Waals surface area contributed by atoms with E-state index in [4.69, 9.17) is 9.84 Å². The largest absolute Gasteiger partial charge is 0.481 e. The minimum Gasteiger partial charge on any atom is -0.481 e. The van der Waals surface area contributed by atoms with Gasteiger partial charge in [0.25, 0.3) is 5.91 Å². The third kappa shape index (κ3) is 8.81. The fraction of sp³-hybridized carbons (Fsp3) is 0.750. The Hall–Kier alpha value is -3.44. The Morgan fingerprint density at radius 1 is 1.07 bits per heavy atom. The van der Waals surface area contributed by atoms with Crippen molar-refractivity contribution in [1.29, 1.82) is 0 Å². The van der Waals surface area contributed by atoms with E-state index in [2.05, 4.69) is 22.5 Å². The van der Waals surface area contributed by atoms with Gasteiger partial charge in [0.2, 0.25) is 17.6 Å². The Balaban J connectivity index is 1.80. The SMILES string of the molecule is C=CCC[C@H](NC(=O)[C@@H]1[C@@H]2[C@H](CN1C(=O)[C@@H](NC(=O)OC(C)(C)C)C1CCCCC1)C2(C)C)C(=O)C(=O)NCCCC(=O)O. The summed E-state index contributed by atoms with van der Waals surface area (Å²) in [6.45, 7) is 13.4. The van der Waals surface area contributed by atoms with Crippen LogP contribution in [0.2, 0.25) is 0 Å². The Morgan fingerprint density at radius 3 is 2.32 bits per heavy atom. The van der Waals surface area contributed by atoms with E-state index >= 15 is 0 Å². The Morgan fingerprint density at radius 2 is 1.73 bits per heavy atom. The van der Waals surface area contributed by atoms with E-state index in [0.717, 1.165) is 32.1 Å². The second-order valence-electron chi connectivity index (χ2n) is 14.0. The molecule has 1 heterocycles. The molecule has 0 spiro atoms. The van der Waals surface area contributed by atoms with E-state index in [1.807, 2.05) is 13.8 Å². The number of rotatable bonds is 14. The molecular weight excluding hydrogens is 568 g/mol. The minimum absolute atomic E-state index is 0.00898. The lowest BCUT2D eigenvalue weighted by molar-refractivity contribution is -0.145. The third-order valence-corrected chi connectivity index (χ3v) is 9.19. The van der Waals surface area contributed by atoms with Crippen LogP contribution in [0, 0.1) is 23.2 Å². The first-order valence-electron chi connectivity index (χ1n) is 15.8. The van der Waals surface area contributed by atoms with Gasteiger partial charge in [-0.3, -0.25) is 24.0 Å². The number of fused-ring (bicyclic) bond motifs is 1. The molecule has 2 aliphatic carbocycles. The van der Waals surface area contributed by atoms with Gasteiger partial charge in [-0.15, -0.1) is 6.58 Å². The van der Waals surface area contributed by atoms with Crippen LogP contribution in [0.1, 0.15) is 92.4 Å². The van der Waals surface area contributed by atoms with Gasteiger partial charge in [0.1, 0.15) is 17.7 Å². The number of aliphatic carboxylic acids is 1. The van der Waals surface area contributed by atoms with Crippen LogP contribution in [0.4, 0.5) is 4.79 Å². The number of amides is 4. The molecule has 5 atom stereocenters. The van der Waals surface area contributed by atoms with Crippen LogP contribution in [0.15, 0.2) is 12.7 Å². The number of ketones is 1. The fourth-order valence-electron chi connectivity index (χ4n) is 6.77. The number of allylic oxidation sites excluding steroid dienone is 1. The maximum absolute atomic E-state index is 14.2. The van der Waals surface area contributed by atoms with Crippen molar-refractivity contribution in [3.8, 4) is 0 Å². The van der Waals surface area contributed by atoms with Gasteiger partial charge in [0, 0.05) is 19.5 Å². The van der Waals surface area contributed by atoms with Crippen molar-refractivity contribution < 1.29 is 38.6 Å². The number of ether oxygens (including phenoxy) is 1. The number of piperidine rings is 1. The molecule has 12 nitrogen and oxygen atoms in total. The van der Waals surface area contributed by atoms with Crippen LogP contribution < -0.4 is 16.0 Å². The highest BCUT2D eigenvalue weighted by atomic mass is 16.6. The van der Waals surface area contributed by atoms with Crippen LogP contribution in [0.25, 0.3) is 0 Å². The van der Waals surface area contributed by atoms with Crippen molar-refractivity contribution in [2.45, 2.75) is 116 Å². The van der Waals surface area contributed by atoms with Crippen LogP contribution in [-0.2, 0) is 28.7 Å². The summed E-state index contributed by atoms with van der Waals surface area (Å²) in [6.07, 6.45) is 5.90. The first-order valence-corrected chi connectivity index (χ1v) is 15.8. The lowest BCUT2D eigenvalue weighted by atomic mass is 9.83. The zero-order valence-corrected chi connectivity index (χ0v) is 26.8. The maximum Gasteiger partial charge on any atom is 0.408 e. The second kappa shape index (κ2) is 14.6. The van der Waals surface area contributed by atoms with Gasteiger partial charge in [-0.2, -0.15) is 0 Å². The van der Waals surface area contributed by atoms with E-state index in [1.165, 1.54) is 0 Å². The molecule has 44 heavy (non-hydrogen) atoms. The lowest BCUT2D eigenvalue weighted by Gasteiger charge is -2.37. The molecule has 4 N–H and O–H groups in total. The quantitative estimate of drug-likeness (QED) is 0.131. The zero-order chi connectivity index (χ0) is 32.8. The highest BCUT2D eigenvalue weighted by Gasteiger charge is 2.69. The van der Waals surface area contributed by atoms with Gasteiger partial charge < -0.3 is 30.7 Å². The average molecular weight is 619 g/mol. The number of Topliss-reactive ketones (excluding diaryl/α,β-unsaturated/α-hetero) is 1. The predicted molar refractivity (Wildman–Crippen MR) is 162 cm³/mol. The number of likely N-dealkylation sites (tertiary alicyclic amines) is 1. The number of hydrogen-bond acceptors (Lipinski definition) is 7. The van der Waals surface area contributed by atoms with Crippen LogP contribution in [0.5, 0.6) is 0 Å². The summed E-state index contributed by atoms with van der Waals surface area (Å²) in [4.78, 5) is 79.0. The van der Waals surface area contributed by atoms with Crippen molar-refractivity contribution in [3.05, 3.63) is 12.7 Å². The third-order valence-electron chi connectivity index (χ3n) is 9.19. The molecule has 0 unspecified atom stereocenters. The van der Waals surface area contributed by atoms with E-state index in [1.54, 1.807) is 31.7 Å². The smallest absolute Gasteiger partial charge is 0.408 e. The summed E-state index contributed by atoms with van der Waals surface area (Å²) in [6, 6.07) is -2.87. The topological polar surface area (TPSA) is 171 Å². The normalized spacial score (nSPS) is 23.8. The highest BCUT2D eigenvalue weighted by Crippen LogP contribution is 2.65. The molecule has 3 rings (SSSR count). The van der Waals surface area contributed by atoms with Crippen LogP contribution >= 0.6 is 0 Å². The molecule has 0 aromatic carbocycles. The first kappa shape index (κ1) is 35.0. The highest BCUT2D eigenvalue weighted by molar-refractivity contribution is 6.38. The predicted octanol–water partition coefficient (Wildman–Crippen LogP) is 2.94. The summed E-state index contributed by atoms with van der Waals surface area (Å²) in [7, 11) is 0. The molecule has 1 aliphatic heterocycles. The molecule has 0 aromatic rings. The summed E-state index contributed by atoms with van der Waals surface area (Å²) in [5, 5.41) is 16.8. The van der Waals surface area contributed by atoms with E-state index in [0.29, 0.717) is 13.0 Å². The summed E-state index contributed by atoms with van der Waals surface area (Å²) >= 11 is 0. The maximum atomic E-state index is 14.2. The molecule has 0 radical (unpaired) electrons. The molecule has 246 valence electrons. The number of carboxylic acids is 1. The second-order valence-corrected chi connectivity index (χ2v) is 14.0. The number of nitrogens with zero attached hydrogens (tertiary/aromatic N) is 1. The van der Waals surface area contributed by atoms with Crippen molar-refractivity contribution in [1.82, 2.24) is 20.9 Å². The molecule has 1 saturated heterocycles. The van der Waals surface area contributed by atoms with Gasteiger partial charge >= 0.3 is 12.1 Å². The Labute approximate surface area is 260 Å². The minimum atomic E-state index is -1.15. The lowest BCUT2D eigenvalue weighted by Crippen LogP contribution is -2.59. The molecule has 2 saturated carbocycles. The standard InChI is InChI=1S/C32H50N4O8/c1-7-8-15-21(26(39)28(41)33-17-12-16-22(37)38)34-27(40)25-23-20(32(23,5)6)18-36(25)29(42)24(19-13-10-9-11-14-19)35-30(43)44-31(2,3)4/h7,19-21,23-25H,1,8-18H2,2-6H3,(H,33,41)(H,34,40)(H,35,43)(H,37,38)/t20-,21-,23-,24-,25-/m0/s1. The molecule has 3 fully saturated rings. The van der Waals surface area contributed by atoms with E-state index < -0.39 is 53.4 Å². The number of carbonyl (C=O) groups is 6. The fourth-order valence-corrected chi connectivity index (χ4v) is 6.77. The summed E-state index contributed by atoms with van der Waals surface area (Å²) in [5.41, 5.74) is -0.943. The van der Waals surface area contributed by atoms with Crippen molar-refractivity contribution in [2.75, 3.05) is 13.1 Å². The number of nitrogens with one attached hydrogen (secondary N) is 3. The average Bonchev–Trinajstić information content (AvgIpc) is 3.27. The van der Waals surface area contributed by atoms with Crippen molar-refractivity contribution >= 4 is 35.6 Å². The first-order chi connectivity index (χ1) is 20.6. The Bertz CT molecular complexity index is 1120. The number of hydrogen-bond donors (Lipinski definition) is 4. The van der Waals surface area contributed by atoms with E-state index in [9.17, 15) is 28.8 Å². The molecule has 12 heteroatoms. The van der Waals surface area contributed by atoms with Gasteiger partial charge in [-0.1, -0.05) is 39.2 Å². The van der Waals surface area contributed by atoms with Crippen LogP contribution in [0.3, 0.4) is 0 Å². The van der Waals surface area contributed by atoms with Crippen LogP contribution in [-0.4, -0.2) is 82.4 Å². The van der Waals surface area contributed by atoms with Gasteiger partial charge in [-0.25, -0.2) is 4.79 Å². The summed E-state index contributed by atoms with van der Waals surface area (Å²) < 4.78 is 5.48. The van der Waals surface area contributed by atoms with E-state index in [-0.39, 0.29) is 54.9 Å². The number of carboxylic acid groups (broad SMARTS) is 1. The zero-order valence-electron chi connectivity index (χ0n) is 26.8. The van der Waals surface area contributed by atoms with Crippen molar-refractivity contribution in [3.63, 3.8) is 0 Å². The number of carbonyl (C=O) groups excluding carboxylic acids is 5. The van der Waals surface area contributed by atoms with Gasteiger partial charge in [-0.05, 0) is 76.0 Å². The van der Waals surface area contributed by atoms with Gasteiger partial charge in [0.05, 0.1) is 6.04 Å². The van der Waals surface area contributed by atoms with Gasteiger partial charge in [0.15, 0.2) is 0 Å². The molecule has 4 amide bonds. The molecule has 0 aromatic heterocycles. The molecular formula is C32H50N4O8. The molecule has 0 bridgehead atoms. The van der Waals surface area contributed by atoms with Crippen molar-refractivity contribution in [2.24, 2.45) is 23.2 Å². The Kier molecular flexibility index (Phi) is 11.6. The monoisotopic (exact) mass is 618 g/mol. The summed E-state index contributed by atoms with van der Waals surface area (Å²) in [5.74, 6) is -3.77. The molecule has 3 aliphatic rings. The number of alkyl carbamates (subject to hydrolysis) is 1.